The SMILES string of the molecule is COc1cc(CN(C)CC(=O)Nc2ccc(C)c(S(=O)(=O)N(C)C)c2)ccc1OC(F)F. The lowest BCUT2D eigenvalue weighted by molar-refractivity contribution is -0.117. The highest BCUT2D eigenvalue weighted by Gasteiger charge is 2.20. The van der Waals surface area contributed by atoms with Crippen molar-refractivity contribution in [1.82, 2.24) is 9.21 Å². The molecule has 0 atom stereocenters. The van der Waals surface area contributed by atoms with Gasteiger partial charge >= 0.3 is 6.61 Å². The molecule has 0 saturated carbocycles. The molecule has 8 nitrogen and oxygen atoms in total. The maximum absolute atomic E-state index is 12.5. The lowest BCUT2D eigenvalue weighted by Crippen LogP contribution is -2.30. The number of halogens is 2. The minimum absolute atomic E-state index is 0.0151. The Labute approximate surface area is 186 Å². The first-order valence-electron chi connectivity index (χ1n) is 9.57. The number of nitrogens with one attached hydrogen (secondary N) is 1. The number of nitrogens with zero attached hydrogens (tertiary/aromatic N) is 2. The van der Waals surface area contributed by atoms with Crippen LogP contribution >= 0.6 is 0 Å². The summed E-state index contributed by atoms with van der Waals surface area (Å²) in [6, 6.07) is 9.24. The van der Waals surface area contributed by atoms with E-state index in [2.05, 4.69) is 10.1 Å². The molecular weight excluding hydrogens is 444 g/mol. The van der Waals surface area contributed by atoms with Crippen LogP contribution in [0.2, 0.25) is 0 Å². The van der Waals surface area contributed by atoms with Crippen molar-refractivity contribution in [2.24, 2.45) is 0 Å². The van der Waals surface area contributed by atoms with Crippen LogP contribution in [0.15, 0.2) is 41.3 Å². The summed E-state index contributed by atoms with van der Waals surface area (Å²) in [6.07, 6.45) is 0. The maximum Gasteiger partial charge on any atom is 0.387 e. The van der Waals surface area contributed by atoms with Gasteiger partial charge in [-0.2, -0.15) is 8.78 Å². The van der Waals surface area contributed by atoms with E-state index in [1.54, 1.807) is 43.1 Å². The Kier molecular flexibility index (Phi) is 8.53. The molecule has 0 aliphatic carbocycles. The van der Waals surface area contributed by atoms with E-state index in [0.29, 0.717) is 17.8 Å². The van der Waals surface area contributed by atoms with Gasteiger partial charge in [0.05, 0.1) is 18.6 Å². The predicted molar refractivity (Wildman–Crippen MR) is 117 cm³/mol. The molecule has 0 spiro atoms. The van der Waals surface area contributed by atoms with Crippen molar-refractivity contribution in [2.75, 3.05) is 40.1 Å². The Morgan fingerprint density at radius 1 is 1.09 bits per heavy atom. The van der Waals surface area contributed by atoms with Crippen LogP contribution in [0.3, 0.4) is 0 Å². The molecule has 0 unspecified atom stereocenters. The normalized spacial score (nSPS) is 11.8. The van der Waals surface area contributed by atoms with Gasteiger partial charge in [0.2, 0.25) is 15.9 Å². The van der Waals surface area contributed by atoms with E-state index in [0.717, 1.165) is 9.87 Å². The van der Waals surface area contributed by atoms with E-state index >= 15 is 0 Å². The van der Waals surface area contributed by atoms with E-state index in [1.807, 2.05) is 0 Å². The van der Waals surface area contributed by atoms with Gasteiger partial charge in [0.25, 0.3) is 0 Å². The van der Waals surface area contributed by atoms with E-state index in [9.17, 15) is 22.0 Å². The van der Waals surface area contributed by atoms with E-state index in [1.165, 1.54) is 33.3 Å². The van der Waals surface area contributed by atoms with E-state index in [-0.39, 0.29) is 28.8 Å². The zero-order chi connectivity index (χ0) is 24.1. The molecule has 2 rings (SSSR count). The third-order valence-electron chi connectivity index (χ3n) is 4.54. The summed E-state index contributed by atoms with van der Waals surface area (Å²) in [5.74, 6) is -0.251. The highest BCUT2D eigenvalue weighted by atomic mass is 32.2. The molecule has 2 aromatic carbocycles. The van der Waals surface area contributed by atoms with Gasteiger partial charge in [-0.05, 0) is 49.4 Å². The predicted octanol–water partition coefficient (Wildman–Crippen LogP) is 2.93. The molecule has 0 saturated heterocycles. The van der Waals surface area contributed by atoms with Gasteiger partial charge < -0.3 is 14.8 Å². The van der Waals surface area contributed by atoms with Crippen molar-refractivity contribution >= 4 is 21.6 Å². The minimum Gasteiger partial charge on any atom is -0.493 e. The van der Waals surface area contributed by atoms with Crippen LogP contribution in [0.5, 0.6) is 11.5 Å². The highest BCUT2D eigenvalue weighted by Crippen LogP contribution is 2.30. The number of carbonyl (C=O) groups excluding carboxylic acids is 1. The number of amides is 1. The largest absolute Gasteiger partial charge is 0.493 e. The Bertz CT molecular complexity index is 1060. The first-order valence-corrected chi connectivity index (χ1v) is 11.0. The fourth-order valence-electron chi connectivity index (χ4n) is 2.97. The third-order valence-corrected chi connectivity index (χ3v) is 6.50. The Balaban J connectivity index is 2.05. The number of ether oxygens (including phenoxy) is 2. The summed E-state index contributed by atoms with van der Waals surface area (Å²) in [5, 5.41) is 2.70. The van der Waals surface area contributed by atoms with Crippen molar-refractivity contribution in [3.05, 3.63) is 47.5 Å². The minimum atomic E-state index is -3.64. The van der Waals surface area contributed by atoms with Gasteiger partial charge in [-0.1, -0.05) is 12.1 Å². The monoisotopic (exact) mass is 471 g/mol. The summed E-state index contributed by atoms with van der Waals surface area (Å²) < 4.78 is 60.4. The van der Waals surface area contributed by atoms with Crippen LogP contribution in [0.1, 0.15) is 11.1 Å². The molecule has 0 bridgehead atoms. The van der Waals surface area contributed by atoms with E-state index in [4.69, 9.17) is 4.74 Å². The number of aryl methyl sites for hydroxylation is 1. The average molecular weight is 472 g/mol. The smallest absolute Gasteiger partial charge is 0.387 e. The number of hydrogen-bond acceptors (Lipinski definition) is 6. The zero-order valence-electron chi connectivity index (χ0n) is 18.6. The first kappa shape index (κ1) is 25.5. The summed E-state index contributed by atoms with van der Waals surface area (Å²) in [6.45, 7) is -0.924. The van der Waals surface area contributed by atoms with Gasteiger partial charge in [-0.15, -0.1) is 0 Å². The second kappa shape index (κ2) is 10.7. The van der Waals surface area contributed by atoms with Crippen molar-refractivity contribution in [2.45, 2.75) is 25.0 Å². The molecule has 0 radical (unpaired) electrons. The molecule has 11 heteroatoms. The molecule has 0 aromatic heterocycles. The summed E-state index contributed by atoms with van der Waals surface area (Å²) >= 11 is 0. The highest BCUT2D eigenvalue weighted by molar-refractivity contribution is 7.89. The second-order valence-electron chi connectivity index (χ2n) is 7.35. The molecule has 0 heterocycles. The average Bonchev–Trinajstić information content (AvgIpc) is 2.69. The van der Waals surface area contributed by atoms with Crippen LogP contribution in [0.4, 0.5) is 14.5 Å². The molecule has 0 aliphatic heterocycles. The van der Waals surface area contributed by atoms with Crippen molar-refractivity contribution < 1.29 is 31.5 Å². The number of hydrogen-bond donors (Lipinski definition) is 1. The lowest BCUT2D eigenvalue weighted by Gasteiger charge is -2.18. The zero-order valence-corrected chi connectivity index (χ0v) is 19.4. The van der Waals surface area contributed by atoms with Crippen molar-refractivity contribution in [1.29, 1.82) is 0 Å². The van der Waals surface area contributed by atoms with Gasteiger partial charge in [0.1, 0.15) is 0 Å². The number of rotatable bonds is 10. The van der Waals surface area contributed by atoms with Gasteiger partial charge in [0, 0.05) is 26.3 Å². The standard InChI is InChI=1S/C21H27F2N3O5S/c1-14-6-8-16(11-19(14)32(28,29)25(2)3)24-20(27)13-26(4)12-15-7-9-17(31-21(22)23)18(10-15)30-5/h6-11,21H,12-13H2,1-5H3,(H,24,27). The topological polar surface area (TPSA) is 88.2 Å². The lowest BCUT2D eigenvalue weighted by atomic mass is 10.2. The molecule has 1 amide bonds. The molecule has 0 aliphatic rings. The first-order chi connectivity index (χ1) is 14.9. The number of anilines is 1. The number of sulfonamides is 1. The Morgan fingerprint density at radius 3 is 2.38 bits per heavy atom. The quantitative estimate of drug-likeness (QED) is 0.573. The molecule has 1 N–H and O–H groups in total. The fraction of sp³-hybridized carbons (Fsp3) is 0.381. The van der Waals surface area contributed by atoms with Crippen LogP contribution in [-0.2, 0) is 21.4 Å². The number of benzene rings is 2. The fourth-order valence-corrected chi connectivity index (χ4v) is 4.11. The molecular formula is C21H27F2N3O5S. The van der Waals surface area contributed by atoms with Crippen LogP contribution < -0.4 is 14.8 Å². The van der Waals surface area contributed by atoms with Gasteiger partial charge in [0.15, 0.2) is 11.5 Å². The Morgan fingerprint density at radius 2 is 1.78 bits per heavy atom. The number of likely N-dealkylation sites (N-methyl/N-ethyl adjacent to an activating group) is 1. The number of methoxy groups -OCH3 is 1. The third kappa shape index (κ3) is 6.62. The molecule has 0 fully saturated rings. The van der Waals surface area contributed by atoms with E-state index < -0.39 is 16.6 Å². The number of alkyl halides is 2. The van der Waals surface area contributed by atoms with Crippen LogP contribution in [-0.4, -0.2) is 64.9 Å². The van der Waals surface area contributed by atoms with Gasteiger partial charge in [-0.25, -0.2) is 12.7 Å². The summed E-state index contributed by atoms with van der Waals surface area (Å²) in [5.41, 5.74) is 1.67. The summed E-state index contributed by atoms with van der Waals surface area (Å²) in [4.78, 5) is 14.3. The van der Waals surface area contributed by atoms with Crippen molar-refractivity contribution in [3.8, 4) is 11.5 Å². The van der Waals surface area contributed by atoms with Crippen LogP contribution in [0, 0.1) is 6.92 Å². The molecule has 32 heavy (non-hydrogen) atoms. The number of carbonyl (C=O) groups is 1. The second-order valence-corrected chi connectivity index (χ2v) is 9.47. The van der Waals surface area contributed by atoms with Crippen molar-refractivity contribution in [3.63, 3.8) is 0 Å². The molecule has 2 aromatic rings. The van der Waals surface area contributed by atoms with Crippen LogP contribution in [0.25, 0.3) is 0 Å². The maximum atomic E-state index is 12.5. The molecule has 176 valence electrons. The summed E-state index contributed by atoms with van der Waals surface area (Å²) in [7, 11) is 2.30. The Hall–Kier alpha value is -2.76. The van der Waals surface area contributed by atoms with Gasteiger partial charge in [-0.3, -0.25) is 9.69 Å².